The molecule has 1 aliphatic carbocycles. The fourth-order valence-corrected chi connectivity index (χ4v) is 2.56. The lowest BCUT2D eigenvalue weighted by Gasteiger charge is -2.30. The first-order valence-electron chi connectivity index (χ1n) is 4.33. The van der Waals surface area contributed by atoms with E-state index in [4.69, 9.17) is 0 Å². The molecule has 0 aliphatic heterocycles. The Morgan fingerprint density at radius 3 is 2.00 bits per heavy atom. The fraction of sp³-hybridized carbons (Fsp3) is 1.00. The van der Waals surface area contributed by atoms with Crippen molar-refractivity contribution in [3.8, 4) is 0 Å². The predicted octanol–water partition coefficient (Wildman–Crippen LogP) is 2.99. The molecule has 0 radical (unpaired) electrons. The van der Waals surface area contributed by atoms with E-state index in [0.29, 0.717) is 0 Å². The summed E-state index contributed by atoms with van der Waals surface area (Å²) in [6.07, 6.45) is 4.26. The Balaban J connectivity index is 2.35. The minimum absolute atomic E-state index is 0.905. The van der Waals surface area contributed by atoms with Gasteiger partial charge in [-0.15, -0.1) is 0 Å². The average molecular weight is 158 g/mol. The van der Waals surface area contributed by atoms with Gasteiger partial charge < -0.3 is 0 Å². The Labute approximate surface area is 69.8 Å². The number of hydrogen-bond donors (Lipinski definition) is 1. The zero-order valence-corrected chi connectivity index (χ0v) is 7.90. The summed E-state index contributed by atoms with van der Waals surface area (Å²) in [6.45, 7) is 4.73. The van der Waals surface area contributed by atoms with Crippen LogP contribution in [0.4, 0.5) is 0 Å². The lowest BCUT2D eigenvalue weighted by molar-refractivity contribution is 0.237. The number of rotatable bonds is 1. The third kappa shape index (κ3) is 2.19. The molecule has 10 heavy (non-hydrogen) atoms. The summed E-state index contributed by atoms with van der Waals surface area (Å²) in [4.78, 5) is 0. The summed E-state index contributed by atoms with van der Waals surface area (Å²) in [6, 6.07) is 0. The van der Waals surface area contributed by atoms with Crippen LogP contribution in [-0.2, 0) is 0 Å². The highest BCUT2D eigenvalue weighted by molar-refractivity contribution is 7.80. The maximum atomic E-state index is 4.34. The number of hydrogen-bond acceptors (Lipinski definition) is 1. The normalized spacial score (nSPS) is 41.7. The van der Waals surface area contributed by atoms with Crippen molar-refractivity contribution in [1.82, 2.24) is 0 Å². The first kappa shape index (κ1) is 8.45. The third-order valence-electron chi connectivity index (χ3n) is 2.53. The highest BCUT2D eigenvalue weighted by Crippen LogP contribution is 2.32. The first-order valence-corrected chi connectivity index (χ1v) is 4.96. The van der Waals surface area contributed by atoms with Crippen molar-refractivity contribution in [2.45, 2.75) is 33.1 Å². The Bertz CT molecular complexity index is 90.9. The molecule has 60 valence electrons. The lowest BCUT2D eigenvalue weighted by Crippen LogP contribution is -2.20. The van der Waals surface area contributed by atoms with E-state index in [2.05, 4.69) is 26.5 Å². The second-order valence-electron chi connectivity index (χ2n) is 3.97. The molecule has 0 bridgehead atoms. The van der Waals surface area contributed by atoms with Crippen LogP contribution in [0.25, 0.3) is 0 Å². The zero-order valence-electron chi connectivity index (χ0n) is 7.01. The van der Waals surface area contributed by atoms with Crippen LogP contribution in [0.5, 0.6) is 0 Å². The van der Waals surface area contributed by atoms with E-state index in [1.165, 1.54) is 19.3 Å². The van der Waals surface area contributed by atoms with Gasteiger partial charge in [-0.2, -0.15) is 12.6 Å². The van der Waals surface area contributed by atoms with Gasteiger partial charge in [-0.05, 0) is 42.8 Å². The molecule has 0 aromatic heterocycles. The summed E-state index contributed by atoms with van der Waals surface area (Å²) in [5, 5.41) is 0. The van der Waals surface area contributed by atoms with Crippen LogP contribution in [0.1, 0.15) is 33.1 Å². The molecule has 1 heteroatoms. The maximum Gasteiger partial charge on any atom is -0.00693 e. The van der Waals surface area contributed by atoms with E-state index < -0.39 is 0 Å². The van der Waals surface area contributed by atoms with E-state index >= 15 is 0 Å². The van der Waals surface area contributed by atoms with Gasteiger partial charge >= 0.3 is 0 Å². The molecule has 0 nitrogen and oxygen atoms in total. The molecule has 1 saturated carbocycles. The molecule has 0 aromatic carbocycles. The molecule has 2 unspecified atom stereocenters. The van der Waals surface area contributed by atoms with Gasteiger partial charge in [-0.1, -0.05) is 13.8 Å². The Kier molecular flexibility index (Phi) is 3.09. The summed E-state index contributed by atoms with van der Waals surface area (Å²) in [5.41, 5.74) is 0. The molecule has 1 aliphatic rings. The van der Waals surface area contributed by atoms with Crippen molar-refractivity contribution < 1.29 is 0 Å². The van der Waals surface area contributed by atoms with Crippen molar-refractivity contribution >= 4 is 12.6 Å². The van der Waals surface area contributed by atoms with E-state index in [1.54, 1.807) is 0 Å². The van der Waals surface area contributed by atoms with Gasteiger partial charge in [0.1, 0.15) is 0 Å². The summed E-state index contributed by atoms with van der Waals surface area (Å²) < 4.78 is 0. The average Bonchev–Trinajstić information content (AvgIpc) is 1.85. The molecule has 1 rings (SSSR count). The van der Waals surface area contributed by atoms with Gasteiger partial charge in [0.25, 0.3) is 0 Å². The standard InChI is InChI=1S/C9H18S/c1-7-3-8(2)5-9(4-7)6-10/h7-10H,3-6H2,1-2H3. The van der Waals surface area contributed by atoms with Crippen LogP contribution in [0.15, 0.2) is 0 Å². The van der Waals surface area contributed by atoms with Crippen molar-refractivity contribution in [3.05, 3.63) is 0 Å². The van der Waals surface area contributed by atoms with E-state index in [-0.39, 0.29) is 0 Å². The van der Waals surface area contributed by atoms with Crippen LogP contribution in [-0.4, -0.2) is 5.75 Å². The van der Waals surface area contributed by atoms with Gasteiger partial charge in [0.15, 0.2) is 0 Å². The van der Waals surface area contributed by atoms with Gasteiger partial charge in [-0.3, -0.25) is 0 Å². The molecule has 2 atom stereocenters. The van der Waals surface area contributed by atoms with Gasteiger partial charge in [0, 0.05) is 0 Å². The first-order chi connectivity index (χ1) is 4.72. The summed E-state index contributed by atoms with van der Waals surface area (Å²) in [5.74, 6) is 3.89. The smallest absolute Gasteiger partial charge is 0.00693 e. The second-order valence-corrected chi connectivity index (χ2v) is 4.33. The highest BCUT2D eigenvalue weighted by Gasteiger charge is 2.22. The lowest BCUT2D eigenvalue weighted by atomic mass is 9.77. The van der Waals surface area contributed by atoms with E-state index in [1.807, 2.05) is 0 Å². The summed E-state index contributed by atoms with van der Waals surface area (Å²) in [7, 11) is 0. The largest absolute Gasteiger partial charge is 0.179 e. The van der Waals surface area contributed by atoms with Crippen LogP contribution in [0, 0.1) is 17.8 Å². The molecular formula is C9H18S. The molecular weight excluding hydrogens is 140 g/mol. The minimum atomic E-state index is 0.905. The minimum Gasteiger partial charge on any atom is -0.179 e. The molecule has 0 aromatic rings. The van der Waals surface area contributed by atoms with Crippen molar-refractivity contribution in [2.24, 2.45) is 17.8 Å². The number of thiol groups is 1. The van der Waals surface area contributed by atoms with Gasteiger partial charge in [-0.25, -0.2) is 0 Å². The van der Waals surface area contributed by atoms with Crippen molar-refractivity contribution in [3.63, 3.8) is 0 Å². The third-order valence-corrected chi connectivity index (χ3v) is 3.05. The van der Waals surface area contributed by atoms with Gasteiger partial charge in [0.05, 0.1) is 0 Å². The molecule has 0 heterocycles. The Morgan fingerprint density at radius 2 is 1.60 bits per heavy atom. The molecule has 0 spiro atoms. The Hall–Kier alpha value is 0.350. The zero-order chi connectivity index (χ0) is 7.56. The van der Waals surface area contributed by atoms with Crippen LogP contribution in [0.3, 0.4) is 0 Å². The fourth-order valence-electron chi connectivity index (χ4n) is 2.26. The maximum absolute atomic E-state index is 4.34. The van der Waals surface area contributed by atoms with Crippen molar-refractivity contribution in [2.75, 3.05) is 5.75 Å². The molecule has 1 fully saturated rings. The highest BCUT2D eigenvalue weighted by atomic mass is 32.1. The summed E-state index contributed by atoms with van der Waals surface area (Å²) >= 11 is 4.34. The van der Waals surface area contributed by atoms with Gasteiger partial charge in [0.2, 0.25) is 0 Å². The Morgan fingerprint density at radius 1 is 1.10 bits per heavy atom. The predicted molar refractivity (Wildman–Crippen MR) is 49.5 cm³/mol. The molecule has 0 amide bonds. The second kappa shape index (κ2) is 3.66. The SMILES string of the molecule is CC1CC(C)CC(CS)C1. The molecule has 0 N–H and O–H groups in total. The molecule has 0 saturated heterocycles. The quantitative estimate of drug-likeness (QED) is 0.557. The van der Waals surface area contributed by atoms with Crippen LogP contribution < -0.4 is 0 Å². The van der Waals surface area contributed by atoms with E-state index in [9.17, 15) is 0 Å². The van der Waals surface area contributed by atoms with Crippen molar-refractivity contribution in [1.29, 1.82) is 0 Å². The van der Waals surface area contributed by atoms with Crippen LogP contribution in [0.2, 0.25) is 0 Å². The van der Waals surface area contributed by atoms with Crippen LogP contribution >= 0.6 is 12.6 Å². The van der Waals surface area contributed by atoms with E-state index in [0.717, 1.165) is 23.5 Å². The topological polar surface area (TPSA) is 0 Å². The monoisotopic (exact) mass is 158 g/mol.